The molecule has 0 aliphatic rings. The normalized spacial score (nSPS) is 13.8. The Morgan fingerprint density at radius 3 is 2.53 bits per heavy atom. The van der Waals surface area contributed by atoms with Crippen molar-refractivity contribution in [1.82, 2.24) is 5.32 Å². The highest BCUT2D eigenvalue weighted by atomic mass is 35.5. The van der Waals surface area contributed by atoms with Crippen LogP contribution in [0.2, 0.25) is 5.02 Å². The first-order valence-electron chi connectivity index (χ1n) is 5.93. The van der Waals surface area contributed by atoms with Crippen molar-refractivity contribution in [3.05, 3.63) is 34.6 Å². The van der Waals surface area contributed by atoms with Crippen molar-refractivity contribution in [1.29, 1.82) is 0 Å². The zero-order chi connectivity index (χ0) is 13.1. The molecule has 1 rings (SSSR count). The number of benzene rings is 1. The van der Waals surface area contributed by atoms with E-state index < -0.39 is 0 Å². The van der Waals surface area contributed by atoms with Crippen LogP contribution in [-0.2, 0) is 6.42 Å². The first-order valence-corrected chi connectivity index (χ1v) is 6.31. The van der Waals surface area contributed by atoms with E-state index in [1.807, 2.05) is 7.05 Å². The molecule has 1 N–H and O–H groups in total. The summed E-state index contributed by atoms with van der Waals surface area (Å²) in [6, 6.07) is 4.57. The second kappa shape index (κ2) is 5.83. The largest absolute Gasteiger partial charge is 0.319 e. The molecule has 96 valence electrons. The molecule has 3 heteroatoms. The van der Waals surface area contributed by atoms with Crippen molar-refractivity contribution in [2.45, 2.75) is 27.2 Å². The summed E-state index contributed by atoms with van der Waals surface area (Å²) >= 11 is 6.10. The first-order chi connectivity index (χ1) is 7.84. The van der Waals surface area contributed by atoms with Crippen LogP contribution in [-0.4, -0.2) is 13.6 Å². The summed E-state index contributed by atoms with van der Waals surface area (Å²) in [5, 5.41) is 3.84. The van der Waals surface area contributed by atoms with Gasteiger partial charge in [0.2, 0.25) is 0 Å². The molecule has 1 aromatic carbocycles. The molecule has 0 saturated carbocycles. The summed E-state index contributed by atoms with van der Waals surface area (Å²) in [6.45, 7) is 7.49. The van der Waals surface area contributed by atoms with Crippen LogP contribution < -0.4 is 5.32 Å². The Morgan fingerprint density at radius 2 is 2.00 bits per heavy atom. The maximum Gasteiger partial charge on any atom is 0.123 e. The molecule has 1 atom stereocenters. The van der Waals surface area contributed by atoms with Crippen molar-refractivity contribution in [3.8, 4) is 0 Å². The van der Waals surface area contributed by atoms with Gasteiger partial charge in [-0.1, -0.05) is 32.4 Å². The van der Waals surface area contributed by atoms with Crippen LogP contribution in [0.3, 0.4) is 0 Å². The molecular formula is C14H21ClFN. The third kappa shape index (κ3) is 4.29. The van der Waals surface area contributed by atoms with E-state index in [-0.39, 0.29) is 11.2 Å². The van der Waals surface area contributed by atoms with Gasteiger partial charge in [-0.05, 0) is 55.1 Å². The summed E-state index contributed by atoms with van der Waals surface area (Å²) in [5.74, 6) is 0.202. The highest BCUT2D eigenvalue weighted by Gasteiger charge is 2.24. The second-order valence-corrected chi connectivity index (χ2v) is 5.97. The molecule has 1 aromatic rings. The monoisotopic (exact) mass is 257 g/mol. The lowest BCUT2D eigenvalue weighted by Crippen LogP contribution is -2.31. The molecule has 17 heavy (non-hydrogen) atoms. The third-order valence-electron chi connectivity index (χ3n) is 3.15. The molecule has 0 spiro atoms. The molecule has 1 nitrogen and oxygen atoms in total. The van der Waals surface area contributed by atoms with Crippen LogP contribution in [0, 0.1) is 17.2 Å². The molecule has 0 fully saturated rings. The van der Waals surface area contributed by atoms with E-state index in [2.05, 4.69) is 26.1 Å². The minimum atomic E-state index is -0.221. The standard InChI is InChI=1S/C14H21ClFN/c1-14(2,3)11(9-17-4)7-10-8-12(16)5-6-13(10)15/h5-6,8,11,17H,7,9H2,1-4H3. The predicted octanol–water partition coefficient (Wildman–Crippen LogP) is 3.90. The van der Waals surface area contributed by atoms with Gasteiger partial charge in [-0.15, -0.1) is 0 Å². The van der Waals surface area contributed by atoms with Crippen LogP contribution in [0.4, 0.5) is 4.39 Å². The van der Waals surface area contributed by atoms with E-state index in [1.165, 1.54) is 12.1 Å². The molecule has 0 aliphatic heterocycles. The van der Waals surface area contributed by atoms with E-state index in [0.29, 0.717) is 10.9 Å². The van der Waals surface area contributed by atoms with Crippen molar-refractivity contribution in [2.75, 3.05) is 13.6 Å². The van der Waals surface area contributed by atoms with Gasteiger partial charge in [0.05, 0.1) is 0 Å². The molecule has 0 aromatic heterocycles. The second-order valence-electron chi connectivity index (χ2n) is 5.56. The molecule has 0 saturated heterocycles. The minimum absolute atomic E-state index is 0.165. The van der Waals surface area contributed by atoms with Crippen molar-refractivity contribution < 1.29 is 4.39 Å². The smallest absolute Gasteiger partial charge is 0.123 e. The number of halogens is 2. The molecule has 1 unspecified atom stereocenters. The van der Waals surface area contributed by atoms with E-state index in [0.717, 1.165) is 18.5 Å². The van der Waals surface area contributed by atoms with Crippen LogP contribution >= 0.6 is 11.6 Å². The van der Waals surface area contributed by atoms with Gasteiger partial charge >= 0.3 is 0 Å². The van der Waals surface area contributed by atoms with Gasteiger partial charge in [0.15, 0.2) is 0 Å². The summed E-state index contributed by atoms with van der Waals surface area (Å²) in [6.07, 6.45) is 0.793. The van der Waals surface area contributed by atoms with Crippen molar-refractivity contribution >= 4 is 11.6 Å². The van der Waals surface area contributed by atoms with Crippen molar-refractivity contribution in [3.63, 3.8) is 0 Å². The fraction of sp³-hybridized carbons (Fsp3) is 0.571. The van der Waals surface area contributed by atoms with Gasteiger partial charge in [0.25, 0.3) is 0 Å². The Bertz CT molecular complexity index is 371. The quantitative estimate of drug-likeness (QED) is 0.863. The van der Waals surface area contributed by atoms with E-state index >= 15 is 0 Å². The molecular weight excluding hydrogens is 237 g/mol. The van der Waals surface area contributed by atoms with Gasteiger partial charge in [-0.25, -0.2) is 4.39 Å². The number of hydrogen-bond acceptors (Lipinski definition) is 1. The van der Waals surface area contributed by atoms with Gasteiger partial charge in [-0.2, -0.15) is 0 Å². The topological polar surface area (TPSA) is 12.0 Å². The van der Waals surface area contributed by atoms with Crippen LogP contribution in [0.5, 0.6) is 0 Å². The average molecular weight is 258 g/mol. The summed E-state index contributed by atoms with van der Waals surface area (Å²) in [7, 11) is 1.94. The zero-order valence-electron chi connectivity index (χ0n) is 11.0. The minimum Gasteiger partial charge on any atom is -0.319 e. The van der Waals surface area contributed by atoms with E-state index in [4.69, 9.17) is 11.6 Å². The summed E-state index contributed by atoms with van der Waals surface area (Å²) in [4.78, 5) is 0. The van der Waals surface area contributed by atoms with E-state index in [1.54, 1.807) is 6.07 Å². The molecule has 0 heterocycles. The number of rotatable bonds is 4. The van der Waals surface area contributed by atoms with Crippen LogP contribution in [0.25, 0.3) is 0 Å². The highest BCUT2D eigenvalue weighted by molar-refractivity contribution is 6.31. The zero-order valence-corrected chi connectivity index (χ0v) is 11.7. The predicted molar refractivity (Wildman–Crippen MR) is 72.0 cm³/mol. The molecule has 0 bridgehead atoms. The van der Waals surface area contributed by atoms with Crippen LogP contribution in [0.15, 0.2) is 18.2 Å². The van der Waals surface area contributed by atoms with Gasteiger partial charge < -0.3 is 5.32 Å². The molecule has 0 radical (unpaired) electrons. The van der Waals surface area contributed by atoms with Crippen LogP contribution in [0.1, 0.15) is 26.3 Å². The SMILES string of the molecule is CNCC(Cc1cc(F)ccc1Cl)C(C)(C)C. The average Bonchev–Trinajstić information content (AvgIpc) is 2.21. The Hall–Kier alpha value is -0.600. The lowest BCUT2D eigenvalue weighted by Gasteiger charge is -2.31. The Morgan fingerprint density at radius 1 is 1.35 bits per heavy atom. The van der Waals surface area contributed by atoms with Gasteiger partial charge in [-0.3, -0.25) is 0 Å². The fourth-order valence-electron chi connectivity index (χ4n) is 1.90. The molecule has 0 aliphatic carbocycles. The lowest BCUT2D eigenvalue weighted by molar-refractivity contribution is 0.234. The van der Waals surface area contributed by atoms with Gasteiger partial charge in [0, 0.05) is 5.02 Å². The van der Waals surface area contributed by atoms with Gasteiger partial charge in [0.1, 0.15) is 5.82 Å². The maximum absolute atomic E-state index is 13.2. The van der Waals surface area contributed by atoms with E-state index in [9.17, 15) is 4.39 Å². The Balaban J connectivity index is 2.89. The lowest BCUT2D eigenvalue weighted by atomic mass is 9.77. The summed E-state index contributed by atoms with van der Waals surface area (Å²) in [5.41, 5.74) is 1.06. The highest BCUT2D eigenvalue weighted by Crippen LogP contribution is 2.31. The summed E-state index contributed by atoms with van der Waals surface area (Å²) < 4.78 is 13.2. The first kappa shape index (κ1) is 14.5. The Kier molecular flexibility index (Phi) is 4.96. The Labute approximate surface area is 108 Å². The maximum atomic E-state index is 13.2. The molecule has 0 amide bonds. The third-order valence-corrected chi connectivity index (χ3v) is 3.52. The number of nitrogens with one attached hydrogen (secondary N) is 1. The number of hydrogen-bond donors (Lipinski definition) is 1. The fourth-order valence-corrected chi connectivity index (χ4v) is 2.09. The van der Waals surface area contributed by atoms with Crippen molar-refractivity contribution in [2.24, 2.45) is 11.3 Å².